The Labute approximate surface area is 130 Å². The highest BCUT2D eigenvalue weighted by Crippen LogP contribution is 2.46. The third kappa shape index (κ3) is 2.31. The largest absolute Gasteiger partial charge is 0.294 e. The van der Waals surface area contributed by atoms with Crippen molar-refractivity contribution in [2.75, 3.05) is 0 Å². The summed E-state index contributed by atoms with van der Waals surface area (Å²) < 4.78 is 0. The summed E-state index contributed by atoms with van der Waals surface area (Å²) in [5, 5.41) is 0. The lowest BCUT2D eigenvalue weighted by molar-refractivity contribution is -0.122. The zero-order valence-electron chi connectivity index (χ0n) is 12.7. The topological polar surface area (TPSA) is 34.1 Å². The average Bonchev–Trinajstić information content (AvgIpc) is 2.78. The van der Waals surface area contributed by atoms with E-state index in [0.717, 1.165) is 11.1 Å². The van der Waals surface area contributed by atoms with E-state index in [-0.39, 0.29) is 11.6 Å². The predicted molar refractivity (Wildman–Crippen MR) is 87.5 cm³/mol. The maximum atomic E-state index is 13.0. The lowest BCUT2D eigenvalue weighted by atomic mass is 9.73. The highest BCUT2D eigenvalue weighted by Gasteiger charge is 2.47. The van der Waals surface area contributed by atoms with Gasteiger partial charge in [-0.2, -0.15) is 0 Å². The Bertz CT molecular complexity index is 740. The quantitative estimate of drug-likeness (QED) is 0.795. The number of ketones is 2. The molecule has 1 aliphatic rings. The Morgan fingerprint density at radius 2 is 1.45 bits per heavy atom. The van der Waals surface area contributed by atoms with E-state index in [1.54, 1.807) is 6.08 Å². The van der Waals surface area contributed by atoms with Crippen molar-refractivity contribution in [3.05, 3.63) is 77.9 Å². The molecule has 0 saturated carbocycles. The van der Waals surface area contributed by atoms with E-state index in [2.05, 4.69) is 0 Å². The van der Waals surface area contributed by atoms with Crippen molar-refractivity contribution >= 4 is 17.1 Å². The molecule has 0 aromatic heterocycles. The zero-order valence-corrected chi connectivity index (χ0v) is 12.7. The lowest BCUT2D eigenvalue weighted by Gasteiger charge is -2.27. The van der Waals surface area contributed by atoms with Crippen LogP contribution < -0.4 is 0 Å². The monoisotopic (exact) mass is 290 g/mol. The van der Waals surface area contributed by atoms with Crippen LogP contribution in [0.4, 0.5) is 0 Å². The Morgan fingerprint density at radius 1 is 0.909 bits per heavy atom. The molecular weight excluding hydrogens is 272 g/mol. The summed E-state index contributed by atoms with van der Waals surface area (Å²) in [6.07, 6.45) is 1.64. The summed E-state index contributed by atoms with van der Waals surface area (Å²) >= 11 is 0. The van der Waals surface area contributed by atoms with E-state index in [4.69, 9.17) is 0 Å². The Balaban J connectivity index is 2.08. The van der Waals surface area contributed by atoms with Gasteiger partial charge in [0.25, 0.3) is 0 Å². The van der Waals surface area contributed by atoms with Crippen LogP contribution in [-0.2, 0) is 4.79 Å². The molecule has 2 nitrogen and oxygen atoms in total. The molecule has 0 amide bonds. The third-order valence-electron chi connectivity index (χ3n) is 4.38. The van der Waals surface area contributed by atoms with Gasteiger partial charge in [0.15, 0.2) is 11.6 Å². The van der Waals surface area contributed by atoms with Crippen LogP contribution in [0.2, 0.25) is 0 Å². The molecule has 1 unspecified atom stereocenters. The summed E-state index contributed by atoms with van der Waals surface area (Å²) in [6, 6.07) is 18.9. The zero-order chi connectivity index (χ0) is 15.7. The first kappa shape index (κ1) is 14.5. The average molecular weight is 290 g/mol. The standard InChI is InChI=1S/C20H18O2/c1-20(2)17(21)13-16(14-9-5-3-6-10-14)18(20)19(22)15-11-7-4-8-12-15/h3-13,18H,1-2H3. The summed E-state index contributed by atoms with van der Waals surface area (Å²) in [6.45, 7) is 3.71. The molecule has 110 valence electrons. The molecule has 0 bridgehead atoms. The van der Waals surface area contributed by atoms with Gasteiger partial charge in [-0.15, -0.1) is 0 Å². The SMILES string of the molecule is CC1(C)C(=O)C=C(c2ccccc2)C1C(=O)c1ccccc1. The van der Waals surface area contributed by atoms with Crippen LogP contribution in [0, 0.1) is 11.3 Å². The van der Waals surface area contributed by atoms with Crippen molar-refractivity contribution in [3.8, 4) is 0 Å². The minimum atomic E-state index is -0.710. The normalized spacial score (nSPS) is 19.8. The molecule has 22 heavy (non-hydrogen) atoms. The number of rotatable bonds is 3. The molecule has 2 heteroatoms. The van der Waals surface area contributed by atoms with Crippen LogP contribution in [0.1, 0.15) is 29.8 Å². The van der Waals surface area contributed by atoms with Crippen molar-refractivity contribution in [3.63, 3.8) is 0 Å². The molecule has 2 aromatic carbocycles. The number of benzene rings is 2. The van der Waals surface area contributed by atoms with E-state index in [9.17, 15) is 9.59 Å². The molecule has 1 aliphatic carbocycles. The van der Waals surface area contributed by atoms with Gasteiger partial charge >= 0.3 is 0 Å². The fourth-order valence-corrected chi connectivity index (χ4v) is 3.06. The second-order valence-electron chi connectivity index (χ2n) is 6.21. The maximum absolute atomic E-state index is 13.0. The highest BCUT2D eigenvalue weighted by atomic mass is 16.1. The fraction of sp³-hybridized carbons (Fsp3) is 0.200. The lowest BCUT2D eigenvalue weighted by Crippen LogP contribution is -2.33. The van der Waals surface area contributed by atoms with E-state index < -0.39 is 11.3 Å². The number of Topliss-reactive ketones (excluding diaryl/α,β-unsaturated/α-hetero) is 1. The van der Waals surface area contributed by atoms with Crippen LogP contribution in [0.3, 0.4) is 0 Å². The molecule has 0 saturated heterocycles. The van der Waals surface area contributed by atoms with Crippen LogP contribution in [0.25, 0.3) is 5.57 Å². The van der Waals surface area contributed by atoms with E-state index in [0.29, 0.717) is 5.56 Å². The Morgan fingerprint density at radius 3 is 2.05 bits per heavy atom. The first-order valence-corrected chi connectivity index (χ1v) is 7.42. The molecule has 0 N–H and O–H groups in total. The number of hydrogen-bond donors (Lipinski definition) is 0. The molecule has 1 atom stereocenters. The van der Waals surface area contributed by atoms with Crippen LogP contribution in [-0.4, -0.2) is 11.6 Å². The first-order chi connectivity index (χ1) is 10.5. The van der Waals surface area contributed by atoms with Crippen molar-refractivity contribution in [2.24, 2.45) is 11.3 Å². The minimum absolute atomic E-state index is 0.00607. The number of allylic oxidation sites excluding steroid dienone is 2. The second kappa shape index (κ2) is 5.38. The van der Waals surface area contributed by atoms with Crippen molar-refractivity contribution in [1.82, 2.24) is 0 Å². The van der Waals surface area contributed by atoms with Gasteiger partial charge in [0.2, 0.25) is 0 Å². The van der Waals surface area contributed by atoms with Crippen molar-refractivity contribution < 1.29 is 9.59 Å². The van der Waals surface area contributed by atoms with E-state index >= 15 is 0 Å². The highest BCUT2D eigenvalue weighted by molar-refractivity contribution is 6.17. The van der Waals surface area contributed by atoms with Gasteiger partial charge in [0, 0.05) is 11.0 Å². The predicted octanol–water partition coefficient (Wildman–Crippen LogP) is 4.18. The summed E-state index contributed by atoms with van der Waals surface area (Å²) in [7, 11) is 0. The molecule has 2 aromatic rings. The van der Waals surface area contributed by atoms with E-state index in [1.165, 1.54) is 0 Å². The molecule has 3 rings (SSSR count). The summed E-state index contributed by atoms with van der Waals surface area (Å²) in [5.74, 6) is -0.419. The van der Waals surface area contributed by atoms with Crippen molar-refractivity contribution in [2.45, 2.75) is 13.8 Å². The smallest absolute Gasteiger partial charge is 0.171 e. The van der Waals surface area contributed by atoms with Gasteiger partial charge in [-0.25, -0.2) is 0 Å². The Hall–Kier alpha value is -2.48. The minimum Gasteiger partial charge on any atom is -0.294 e. The van der Waals surface area contributed by atoms with Gasteiger partial charge in [0.1, 0.15) is 0 Å². The molecule has 0 fully saturated rings. The first-order valence-electron chi connectivity index (χ1n) is 7.42. The Kier molecular flexibility index (Phi) is 3.53. The second-order valence-corrected chi connectivity index (χ2v) is 6.21. The molecule has 0 radical (unpaired) electrons. The third-order valence-corrected chi connectivity index (χ3v) is 4.38. The van der Waals surface area contributed by atoms with Crippen LogP contribution in [0.15, 0.2) is 66.7 Å². The fourth-order valence-electron chi connectivity index (χ4n) is 3.06. The molecule has 0 aliphatic heterocycles. The van der Waals surface area contributed by atoms with Gasteiger partial charge < -0.3 is 0 Å². The molecular formula is C20H18O2. The van der Waals surface area contributed by atoms with Gasteiger partial charge in [-0.3, -0.25) is 9.59 Å². The van der Waals surface area contributed by atoms with Crippen LogP contribution in [0.5, 0.6) is 0 Å². The number of hydrogen-bond acceptors (Lipinski definition) is 2. The summed E-state index contributed by atoms with van der Waals surface area (Å²) in [5.41, 5.74) is 1.70. The summed E-state index contributed by atoms with van der Waals surface area (Å²) in [4.78, 5) is 25.4. The van der Waals surface area contributed by atoms with Gasteiger partial charge in [0.05, 0.1) is 5.92 Å². The molecule has 0 heterocycles. The number of carbonyl (C=O) groups excluding carboxylic acids is 2. The molecule has 0 spiro atoms. The van der Waals surface area contributed by atoms with Crippen LogP contribution >= 0.6 is 0 Å². The number of carbonyl (C=O) groups is 2. The van der Waals surface area contributed by atoms with Crippen molar-refractivity contribution in [1.29, 1.82) is 0 Å². The maximum Gasteiger partial charge on any atom is 0.171 e. The van der Waals surface area contributed by atoms with E-state index in [1.807, 2.05) is 74.5 Å². The van der Waals surface area contributed by atoms with Gasteiger partial charge in [-0.1, -0.05) is 74.5 Å². The van der Waals surface area contributed by atoms with Gasteiger partial charge in [-0.05, 0) is 17.2 Å².